The van der Waals surface area contributed by atoms with Crippen LogP contribution in [0.3, 0.4) is 0 Å². The van der Waals surface area contributed by atoms with Crippen molar-refractivity contribution in [2.75, 3.05) is 0 Å². The number of rotatable bonds is 3. The van der Waals surface area contributed by atoms with Crippen molar-refractivity contribution in [1.29, 1.82) is 0 Å². The normalized spacial score (nSPS) is 29.7. The molecule has 2 aliphatic carbocycles. The minimum absolute atomic E-state index is 0. The number of nitrogens with two attached hydrogens (primary N) is 1. The standard InChI is InChI=1S/C18H29N3O2.ClH/c1-18(2,3)14-9-20-15(23-14)10-21-17(22)13-7-11-5-4-6-12(8-13)16(11)19;/h9,11-13,16H,4-8,10,19H2,1-3H3,(H,21,22);1H. The third-order valence-corrected chi connectivity index (χ3v) is 5.49. The molecule has 3 N–H and O–H groups in total. The maximum atomic E-state index is 12.5. The van der Waals surface area contributed by atoms with E-state index in [1.165, 1.54) is 19.3 Å². The summed E-state index contributed by atoms with van der Waals surface area (Å²) in [6.07, 6.45) is 7.24. The van der Waals surface area contributed by atoms with Gasteiger partial charge in [-0.1, -0.05) is 27.2 Å². The van der Waals surface area contributed by atoms with E-state index in [9.17, 15) is 4.79 Å². The van der Waals surface area contributed by atoms with Crippen LogP contribution in [0.15, 0.2) is 10.6 Å². The summed E-state index contributed by atoms with van der Waals surface area (Å²) in [5.74, 6) is 2.70. The van der Waals surface area contributed by atoms with Gasteiger partial charge in [-0.2, -0.15) is 0 Å². The lowest BCUT2D eigenvalue weighted by atomic mass is 9.65. The summed E-state index contributed by atoms with van der Waals surface area (Å²) in [5.41, 5.74) is 6.24. The molecule has 136 valence electrons. The highest BCUT2D eigenvalue weighted by molar-refractivity contribution is 5.85. The fourth-order valence-electron chi connectivity index (χ4n) is 4.05. The summed E-state index contributed by atoms with van der Waals surface area (Å²) >= 11 is 0. The van der Waals surface area contributed by atoms with Gasteiger partial charge in [0.1, 0.15) is 5.76 Å². The maximum absolute atomic E-state index is 12.5. The fourth-order valence-corrected chi connectivity index (χ4v) is 4.05. The van der Waals surface area contributed by atoms with Gasteiger partial charge < -0.3 is 15.5 Å². The van der Waals surface area contributed by atoms with Gasteiger partial charge in [-0.05, 0) is 37.5 Å². The van der Waals surface area contributed by atoms with Crippen molar-refractivity contribution in [3.05, 3.63) is 17.8 Å². The van der Waals surface area contributed by atoms with Crippen LogP contribution in [-0.2, 0) is 16.8 Å². The van der Waals surface area contributed by atoms with Crippen LogP contribution in [0, 0.1) is 17.8 Å². The van der Waals surface area contributed by atoms with E-state index < -0.39 is 0 Å². The summed E-state index contributed by atoms with van der Waals surface area (Å²) in [6, 6.07) is 0.300. The summed E-state index contributed by atoms with van der Waals surface area (Å²) in [4.78, 5) is 16.8. The molecule has 3 rings (SSSR count). The third kappa shape index (κ3) is 4.12. The molecule has 2 saturated carbocycles. The highest BCUT2D eigenvalue weighted by atomic mass is 35.5. The summed E-state index contributed by atoms with van der Waals surface area (Å²) in [7, 11) is 0. The molecule has 0 saturated heterocycles. The molecule has 1 amide bonds. The summed E-state index contributed by atoms with van der Waals surface area (Å²) < 4.78 is 5.73. The van der Waals surface area contributed by atoms with E-state index in [-0.39, 0.29) is 29.6 Å². The minimum atomic E-state index is -0.0633. The second-order valence-electron chi connectivity index (χ2n) is 8.28. The highest BCUT2D eigenvalue weighted by Gasteiger charge is 2.40. The van der Waals surface area contributed by atoms with E-state index in [0.29, 0.717) is 30.3 Å². The second-order valence-corrected chi connectivity index (χ2v) is 8.28. The highest BCUT2D eigenvalue weighted by Crippen LogP contribution is 2.41. The van der Waals surface area contributed by atoms with Crippen molar-refractivity contribution in [3.8, 4) is 0 Å². The molecule has 2 unspecified atom stereocenters. The van der Waals surface area contributed by atoms with Gasteiger partial charge in [0, 0.05) is 17.4 Å². The number of oxazole rings is 1. The van der Waals surface area contributed by atoms with Crippen molar-refractivity contribution in [2.24, 2.45) is 23.5 Å². The predicted molar refractivity (Wildman–Crippen MR) is 95.8 cm³/mol. The molecule has 2 atom stereocenters. The number of carbonyl (C=O) groups excluding carboxylic acids is 1. The fraction of sp³-hybridized carbons (Fsp3) is 0.778. The Morgan fingerprint density at radius 3 is 2.50 bits per heavy atom. The van der Waals surface area contributed by atoms with Crippen LogP contribution >= 0.6 is 12.4 Å². The monoisotopic (exact) mass is 355 g/mol. The van der Waals surface area contributed by atoms with Crippen LogP contribution in [0.4, 0.5) is 0 Å². The van der Waals surface area contributed by atoms with Gasteiger partial charge in [0.25, 0.3) is 0 Å². The molecule has 1 aromatic heterocycles. The SMILES string of the molecule is CC(C)(C)c1cnc(CNC(=O)C2CC3CCCC(C2)C3N)o1.Cl. The molecule has 0 aromatic carbocycles. The molecule has 6 heteroatoms. The van der Waals surface area contributed by atoms with Crippen LogP contribution in [-0.4, -0.2) is 16.9 Å². The van der Waals surface area contributed by atoms with Gasteiger partial charge in [0.2, 0.25) is 11.8 Å². The van der Waals surface area contributed by atoms with E-state index in [1.54, 1.807) is 6.20 Å². The number of hydrogen-bond acceptors (Lipinski definition) is 4. The Morgan fingerprint density at radius 1 is 1.33 bits per heavy atom. The van der Waals surface area contributed by atoms with E-state index in [1.807, 2.05) is 0 Å². The molecule has 24 heavy (non-hydrogen) atoms. The number of nitrogens with zero attached hydrogens (tertiary/aromatic N) is 1. The molecule has 0 spiro atoms. The molecule has 2 aliphatic rings. The van der Waals surface area contributed by atoms with Crippen LogP contribution < -0.4 is 11.1 Å². The maximum Gasteiger partial charge on any atom is 0.223 e. The number of halogens is 1. The molecule has 0 aliphatic heterocycles. The van der Waals surface area contributed by atoms with Crippen LogP contribution in [0.25, 0.3) is 0 Å². The first-order chi connectivity index (χ1) is 10.8. The number of nitrogens with one attached hydrogen (secondary N) is 1. The lowest BCUT2D eigenvalue weighted by Gasteiger charge is -2.43. The zero-order valence-corrected chi connectivity index (χ0v) is 15.7. The quantitative estimate of drug-likeness (QED) is 0.872. The van der Waals surface area contributed by atoms with Crippen molar-refractivity contribution in [1.82, 2.24) is 10.3 Å². The molecule has 2 bridgehead atoms. The first-order valence-corrected chi connectivity index (χ1v) is 8.83. The molecule has 0 radical (unpaired) electrons. The van der Waals surface area contributed by atoms with Crippen molar-refractivity contribution in [3.63, 3.8) is 0 Å². The van der Waals surface area contributed by atoms with Gasteiger partial charge >= 0.3 is 0 Å². The van der Waals surface area contributed by atoms with Crippen LogP contribution in [0.1, 0.15) is 64.5 Å². The van der Waals surface area contributed by atoms with E-state index >= 15 is 0 Å². The van der Waals surface area contributed by atoms with Crippen LogP contribution in [0.5, 0.6) is 0 Å². The first kappa shape index (κ1) is 19.3. The third-order valence-electron chi connectivity index (χ3n) is 5.49. The van der Waals surface area contributed by atoms with Crippen molar-refractivity contribution >= 4 is 18.3 Å². The van der Waals surface area contributed by atoms with Gasteiger partial charge in [0.05, 0.1) is 12.7 Å². The van der Waals surface area contributed by atoms with Crippen LogP contribution in [0.2, 0.25) is 0 Å². The number of fused-ring (bicyclic) bond motifs is 2. The number of carbonyl (C=O) groups is 1. The molecule has 1 aromatic rings. The predicted octanol–water partition coefficient (Wildman–Crippen LogP) is 3.16. The van der Waals surface area contributed by atoms with Gasteiger partial charge in [-0.15, -0.1) is 12.4 Å². The Hall–Kier alpha value is -1.07. The number of aromatic nitrogens is 1. The largest absolute Gasteiger partial charge is 0.443 e. The second kappa shape index (κ2) is 7.44. The zero-order chi connectivity index (χ0) is 16.6. The average molecular weight is 356 g/mol. The topological polar surface area (TPSA) is 81.2 Å². The Bertz CT molecular complexity index is 553. The van der Waals surface area contributed by atoms with Crippen molar-refractivity contribution < 1.29 is 9.21 Å². The first-order valence-electron chi connectivity index (χ1n) is 8.83. The Balaban J connectivity index is 0.00000208. The minimum Gasteiger partial charge on any atom is -0.443 e. The summed E-state index contributed by atoms with van der Waals surface area (Å²) in [5, 5.41) is 3.00. The van der Waals surface area contributed by atoms with Gasteiger partial charge in [0.15, 0.2) is 0 Å². The average Bonchev–Trinajstić information content (AvgIpc) is 2.93. The number of amides is 1. The Kier molecular flexibility index (Phi) is 5.97. The van der Waals surface area contributed by atoms with Gasteiger partial charge in [-0.25, -0.2) is 4.98 Å². The smallest absolute Gasteiger partial charge is 0.223 e. The molecule has 1 heterocycles. The molecule has 5 nitrogen and oxygen atoms in total. The van der Waals surface area contributed by atoms with E-state index in [2.05, 4.69) is 31.1 Å². The Morgan fingerprint density at radius 2 is 1.96 bits per heavy atom. The molecular formula is C18H30ClN3O2. The van der Waals surface area contributed by atoms with E-state index in [4.69, 9.17) is 10.2 Å². The van der Waals surface area contributed by atoms with Crippen molar-refractivity contribution in [2.45, 2.75) is 70.9 Å². The lowest BCUT2D eigenvalue weighted by Crippen LogP contribution is -2.49. The van der Waals surface area contributed by atoms with Gasteiger partial charge in [-0.3, -0.25) is 4.79 Å². The zero-order valence-electron chi connectivity index (χ0n) is 14.9. The molecular weight excluding hydrogens is 326 g/mol. The number of hydrogen-bond donors (Lipinski definition) is 2. The molecule has 2 fully saturated rings. The summed E-state index contributed by atoms with van der Waals surface area (Å²) in [6.45, 7) is 6.62. The van der Waals surface area contributed by atoms with E-state index in [0.717, 1.165) is 18.6 Å². The Labute approximate surface area is 150 Å². The lowest BCUT2D eigenvalue weighted by molar-refractivity contribution is -0.128.